The number of hydrogen-bond acceptors (Lipinski definition) is 3. The fourth-order valence-corrected chi connectivity index (χ4v) is 2.38. The van der Waals surface area contributed by atoms with E-state index in [1.807, 2.05) is 14.0 Å². The van der Waals surface area contributed by atoms with Crippen molar-refractivity contribution in [3.05, 3.63) is 33.8 Å². The molecular weight excluding hydrogens is 310 g/mol. The van der Waals surface area contributed by atoms with Crippen LogP contribution < -0.4 is 0 Å². The first-order valence-electron chi connectivity index (χ1n) is 5.82. The Morgan fingerprint density at radius 2 is 1.95 bits per heavy atom. The van der Waals surface area contributed by atoms with Crippen LogP contribution in [0.15, 0.2) is 16.9 Å². The van der Waals surface area contributed by atoms with E-state index in [0.29, 0.717) is 16.7 Å². The van der Waals surface area contributed by atoms with Gasteiger partial charge in [0.05, 0.1) is 16.9 Å². The summed E-state index contributed by atoms with van der Waals surface area (Å²) in [6.45, 7) is 2.51. The molecule has 0 atom stereocenters. The third kappa shape index (κ3) is 2.56. The Morgan fingerprint density at radius 3 is 2.42 bits per heavy atom. The molecule has 0 spiro atoms. The molecule has 0 fully saturated rings. The van der Waals surface area contributed by atoms with Gasteiger partial charge in [0.15, 0.2) is 0 Å². The maximum Gasteiger partial charge on any atom is 0.273 e. The van der Waals surface area contributed by atoms with Crippen molar-refractivity contribution in [3.8, 4) is 0 Å². The van der Waals surface area contributed by atoms with Crippen molar-refractivity contribution < 1.29 is 4.79 Å². The molecule has 2 rings (SSSR count). The molecule has 0 saturated heterocycles. The number of halogens is 1. The van der Waals surface area contributed by atoms with Crippen LogP contribution in [-0.2, 0) is 20.6 Å². The van der Waals surface area contributed by atoms with Gasteiger partial charge in [0, 0.05) is 38.9 Å². The normalized spacial score (nSPS) is 10.8. The topological polar surface area (TPSA) is 56.0 Å². The smallest absolute Gasteiger partial charge is 0.273 e. The second-order valence-corrected chi connectivity index (χ2v) is 5.36. The largest absolute Gasteiger partial charge is 0.336 e. The van der Waals surface area contributed by atoms with Crippen molar-refractivity contribution in [2.45, 2.75) is 13.5 Å². The predicted octanol–water partition coefficient (Wildman–Crippen LogP) is 1.50. The molecule has 0 aliphatic rings. The molecule has 2 heterocycles. The maximum atomic E-state index is 12.4. The number of hydrogen-bond donors (Lipinski definition) is 0. The van der Waals surface area contributed by atoms with Crippen molar-refractivity contribution in [2.75, 3.05) is 7.05 Å². The number of nitrogens with zero attached hydrogens (tertiary/aromatic N) is 5. The SMILES string of the molecule is Cc1c(CN(C)C(=O)c2c(Br)cnn2C)cnn1C. The van der Waals surface area contributed by atoms with E-state index in [-0.39, 0.29) is 5.91 Å². The van der Waals surface area contributed by atoms with Gasteiger partial charge in [-0.3, -0.25) is 14.2 Å². The number of carbonyl (C=O) groups is 1. The van der Waals surface area contributed by atoms with Crippen LogP contribution in [0, 0.1) is 6.92 Å². The lowest BCUT2D eigenvalue weighted by atomic mass is 10.2. The van der Waals surface area contributed by atoms with Crippen molar-refractivity contribution >= 4 is 21.8 Å². The van der Waals surface area contributed by atoms with Crippen molar-refractivity contribution in [2.24, 2.45) is 14.1 Å². The van der Waals surface area contributed by atoms with Crippen molar-refractivity contribution in [1.29, 1.82) is 0 Å². The van der Waals surface area contributed by atoms with Crippen LogP contribution in [0.1, 0.15) is 21.7 Å². The lowest BCUT2D eigenvalue weighted by Crippen LogP contribution is -2.28. The zero-order chi connectivity index (χ0) is 14.2. The first kappa shape index (κ1) is 13.8. The monoisotopic (exact) mass is 325 g/mol. The minimum absolute atomic E-state index is 0.0740. The molecule has 0 unspecified atom stereocenters. The number of aromatic nitrogens is 4. The first-order valence-corrected chi connectivity index (χ1v) is 6.61. The minimum atomic E-state index is -0.0740. The van der Waals surface area contributed by atoms with E-state index in [0.717, 1.165) is 11.3 Å². The summed E-state index contributed by atoms with van der Waals surface area (Å²) in [5.74, 6) is -0.0740. The number of aryl methyl sites for hydroxylation is 2. The number of carbonyl (C=O) groups excluding carboxylic acids is 1. The Bertz CT molecular complexity index is 596. The second kappa shape index (κ2) is 5.16. The van der Waals surface area contributed by atoms with Gasteiger partial charge in [0.1, 0.15) is 5.69 Å². The zero-order valence-corrected chi connectivity index (χ0v) is 13.0. The van der Waals surface area contributed by atoms with E-state index in [2.05, 4.69) is 26.1 Å². The Kier molecular flexibility index (Phi) is 3.75. The lowest BCUT2D eigenvalue weighted by molar-refractivity contribution is 0.0773. The van der Waals surface area contributed by atoms with Gasteiger partial charge in [-0.15, -0.1) is 0 Å². The van der Waals surface area contributed by atoms with Crippen LogP contribution in [0.5, 0.6) is 0 Å². The second-order valence-electron chi connectivity index (χ2n) is 4.50. The molecule has 0 aliphatic heterocycles. The van der Waals surface area contributed by atoms with Gasteiger partial charge >= 0.3 is 0 Å². The Labute approximate surface area is 120 Å². The third-order valence-electron chi connectivity index (χ3n) is 3.19. The molecule has 0 N–H and O–H groups in total. The summed E-state index contributed by atoms with van der Waals surface area (Å²) in [4.78, 5) is 14.0. The standard InChI is InChI=1S/C12H16BrN5O/c1-8-9(5-14-17(8)3)7-16(2)12(19)11-10(13)6-15-18(11)4/h5-6H,7H2,1-4H3. The highest BCUT2D eigenvalue weighted by molar-refractivity contribution is 9.10. The number of rotatable bonds is 3. The van der Waals surface area contributed by atoms with E-state index in [1.54, 1.807) is 40.8 Å². The summed E-state index contributed by atoms with van der Waals surface area (Å²) in [5.41, 5.74) is 2.64. The molecule has 2 aromatic rings. The van der Waals surface area contributed by atoms with Crippen LogP contribution >= 0.6 is 15.9 Å². The average Bonchev–Trinajstić information content (AvgIpc) is 2.85. The molecule has 0 bridgehead atoms. The zero-order valence-electron chi connectivity index (χ0n) is 11.4. The Morgan fingerprint density at radius 1 is 1.32 bits per heavy atom. The van der Waals surface area contributed by atoms with Crippen LogP contribution in [0.3, 0.4) is 0 Å². The summed E-state index contributed by atoms with van der Waals surface area (Å²) >= 11 is 3.34. The van der Waals surface area contributed by atoms with Gasteiger partial charge in [-0.1, -0.05) is 0 Å². The van der Waals surface area contributed by atoms with Crippen LogP contribution in [0.25, 0.3) is 0 Å². The summed E-state index contributed by atoms with van der Waals surface area (Å²) in [6.07, 6.45) is 3.41. The van der Waals surface area contributed by atoms with Crippen molar-refractivity contribution in [1.82, 2.24) is 24.5 Å². The summed E-state index contributed by atoms with van der Waals surface area (Å²) in [6, 6.07) is 0. The third-order valence-corrected chi connectivity index (χ3v) is 3.77. The summed E-state index contributed by atoms with van der Waals surface area (Å²) < 4.78 is 4.07. The van der Waals surface area contributed by atoms with E-state index < -0.39 is 0 Å². The first-order chi connectivity index (χ1) is 8.91. The molecule has 0 saturated carbocycles. The highest BCUT2D eigenvalue weighted by Gasteiger charge is 2.20. The van der Waals surface area contributed by atoms with Gasteiger partial charge in [-0.25, -0.2) is 0 Å². The highest BCUT2D eigenvalue weighted by atomic mass is 79.9. The lowest BCUT2D eigenvalue weighted by Gasteiger charge is -2.17. The number of amides is 1. The molecule has 6 nitrogen and oxygen atoms in total. The molecule has 0 aliphatic carbocycles. The predicted molar refractivity (Wildman–Crippen MR) is 74.7 cm³/mol. The van der Waals surface area contributed by atoms with E-state index in [4.69, 9.17) is 0 Å². The molecule has 0 aromatic carbocycles. The fourth-order valence-electron chi connectivity index (χ4n) is 1.86. The van der Waals surface area contributed by atoms with E-state index >= 15 is 0 Å². The van der Waals surface area contributed by atoms with Crippen LogP contribution in [-0.4, -0.2) is 37.4 Å². The van der Waals surface area contributed by atoms with Gasteiger partial charge in [-0.2, -0.15) is 10.2 Å². The van der Waals surface area contributed by atoms with Gasteiger partial charge in [0.2, 0.25) is 0 Å². The minimum Gasteiger partial charge on any atom is -0.336 e. The van der Waals surface area contributed by atoms with Crippen molar-refractivity contribution in [3.63, 3.8) is 0 Å². The average molecular weight is 326 g/mol. The molecule has 0 radical (unpaired) electrons. The summed E-state index contributed by atoms with van der Waals surface area (Å²) in [7, 11) is 5.41. The highest BCUT2D eigenvalue weighted by Crippen LogP contribution is 2.18. The molecule has 102 valence electrons. The maximum absolute atomic E-state index is 12.4. The van der Waals surface area contributed by atoms with Crippen LogP contribution in [0.2, 0.25) is 0 Å². The van der Waals surface area contributed by atoms with E-state index in [9.17, 15) is 4.79 Å². The summed E-state index contributed by atoms with van der Waals surface area (Å²) in [5, 5.41) is 8.23. The fraction of sp³-hybridized carbons (Fsp3) is 0.417. The Hall–Kier alpha value is -1.63. The molecular formula is C12H16BrN5O. The molecule has 2 aromatic heterocycles. The molecule has 7 heteroatoms. The quantitative estimate of drug-likeness (QED) is 0.859. The van der Waals surface area contributed by atoms with E-state index in [1.165, 1.54) is 0 Å². The van der Waals surface area contributed by atoms with Gasteiger partial charge in [0.25, 0.3) is 5.91 Å². The van der Waals surface area contributed by atoms with Gasteiger partial charge in [-0.05, 0) is 22.9 Å². The Balaban J connectivity index is 2.19. The van der Waals surface area contributed by atoms with Crippen LogP contribution in [0.4, 0.5) is 0 Å². The molecule has 1 amide bonds. The molecule has 19 heavy (non-hydrogen) atoms. The van der Waals surface area contributed by atoms with Gasteiger partial charge < -0.3 is 4.90 Å².